The minimum absolute atomic E-state index is 0. The molecule has 6 nitrogen and oxygen atoms in total. The molecule has 2 aromatic rings. The van der Waals surface area contributed by atoms with Crippen LogP contribution in [-0.2, 0) is 19.5 Å². The molecule has 1 aliphatic heterocycles. The SMILES string of the molecule is CN=C(NCc1ccc(C(N)=O)o1)N1CCc2ccccc2C1.I. The number of hydrogen-bond acceptors (Lipinski definition) is 3. The molecular weight excluding hydrogens is 419 g/mol. The zero-order valence-corrected chi connectivity index (χ0v) is 15.8. The molecule has 0 saturated heterocycles. The topological polar surface area (TPSA) is 83.9 Å². The number of benzene rings is 1. The summed E-state index contributed by atoms with van der Waals surface area (Å²) in [5.41, 5.74) is 7.92. The van der Waals surface area contributed by atoms with Crippen molar-refractivity contribution in [3.05, 3.63) is 59.0 Å². The minimum atomic E-state index is -0.562. The van der Waals surface area contributed by atoms with Crippen LogP contribution in [-0.4, -0.2) is 30.4 Å². The summed E-state index contributed by atoms with van der Waals surface area (Å²) in [6.45, 7) is 2.21. The van der Waals surface area contributed by atoms with Crippen molar-refractivity contribution in [2.24, 2.45) is 10.7 Å². The highest BCUT2D eigenvalue weighted by Crippen LogP contribution is 2.18. The number of rotatable bonds is 3. The first kappa shape index (κ1) is 18.3. The number of guanidine groups is 1. The smallest absolute Gasteiger partial charge is 0.284 e. The zero-order chi connectivity index (χ0) is 16.2. The second kappa shape index (κ2) is 8.18. The molecule has 1 amide bonds. The van der Waals surface area contributed by atoms with Gasteiger partial charge in [0.1, 0.15) is 5.76 Å². The highest BCUT2D eigenvalue weighted by Gasteiger charge is 2.18. The van der Waals surface area contributed by atoms with Gasteiger partial charge in [-0.05, 0) is 29.7 Å². The summed E-state index contributed by atoms with van der Waals surface area (Å²) in [5.74, 6) is 1.07. The second-order valence-electron chi connectivity index (χ2n) is 5.47. The Morgan fingerprint density at radius 2 is 2.04 bits per heavy atom. The van der Waals surface area contributed by atoms with E-state index in [9.17, 15) is 4.79 Å². The number of hydrogen-bond donors (Lipinski definition) is 2. The molecule has 1 aromatic heterocycles. The lowest BCUT2D eigenvalue weighted by Crippen LogP contribution is -2.43. The van der Waals surface area contributed by atoms with E-state index in [4.69, 9.17) is 10.2 Å². The summed E-state index contributed by atoms with van der Waals surface area (Å²) < 4.78 is 5.37. The van der Waals surface area contributed by atoms with Crippen LogP contribution < -0.4 is 11.1 Å². The average molecular weight is 440 g/mol. The number of nitrogens with zero attached hydrogens (tertiary/aromatic N) is 2. The third-order valence-electron chi connectivity index (χ3n) is 3.97. The number of aliphatic imine (C=N–C) groups is 1. The largest absolute Gasteiger partial charge is 0.454 e. The number of carbonyl (C=O) groups is 1. The van der Waals surface area contributed by atoms with Gasteiger partial charge in [-0.1, -0.05) is 24.3 Å². The Kier molecular flexibility index (Phi) is 6.24. The summed E-state index contributed by atoms with van der Waals surface area (Å²) >= 11 is 0. The molecule has 0 radical (unpaired) electrons. The average Bonchev–Trinajstić information content (AvgIpc) is 3.04. The van der Waals surface area contributed by atoms with Gasteiger partial charge in [0.25, 0.3) is 5.91 Å². The normalized spacial score (nSPS) is 13.9. The summed E-state index contributed by atoms with van der Waals surface area (Å²) in [6, 6.07) is 11.8. The zero-order valence-electron chi connectivity index (χ0n) is 13.5. The molecule has 0 atom stereocenters. The Morgan fingerprint density at radius 3 is 2.71 bits per heavy atom. The standard InChI is InChI=1S/C17H20N4O2.HI/c1-19-17(20-10-14-6-7-15(23-14)16(18)22)21-9-8-12-4-2-3-5-13(12)11-21;/h2-7H,8-11H2,1H3,(H2,18,22)(H,19,20);1H. The first-order valence-electron chi connectivity index (χ1n) is 7.58. The molecule has 0 bridgehead atoms. The lowest BCUT2D eigenvalue weighted by atomic mass is 10.0. The predicted octanol–water partition coefficient (Wildman–Crippen LogP) is 2.13. The van der Waals surface area contributed by atoms with Gasteiger partial charge in [0, 0.05) is 20.1 Å². The molecule has 1 aliphatic rings. The molecule has 0 aliphatic carbocycles. The number of carbonyl (C=O) groups excluding carboxylic acids is 1. The van der Waals surface area contributed by atoms with Crippen LogP contribution in [0.15, 0.2) is 45.8 Å². The van der Waals surface area contributed by atoms with Gasteiger partial charge < -0.3 is 20.4 Å². The van der Waals surface area contributed by atoms with E-state index in [1.54, 1.807) is 19.2 Å². The fourth-order valence-corrected chi connectivity index (χ4v) is 2.78. The first-order valence-corrected chi connectivity index (χ1v) is 7.58. The monoisotopic (exact) mass is 440 g/mol. The van der Waals surface area contributed by atoms with Crippen LogP contribution in [0.4, 0.5) is 0 Å². The van der Waals surface area contributed by atoms with Crippen molar-refractivity contribution in [1.82, 2.24) is 10.2 Å². The van der Waals surface area contributed by atoms with E-state index in [1.165, 1.54) is 11.1 Å². The Balaban J connectivity index is 0.00000208. The number of fused-ring (bicyclic) bond motifs is 1. The van der Waals surface area contributed by atoms with E-state index >= 15 is 0 Å². The van der Waals surface area contributed by atoms with Gasteiger partial charge in [-0.3, -0.25) is 9.79 Å². The van der Waals surface area contributed by atoms with Crippen LogP contribution in [0, 0.1) is 0 Å². The van der Waals surface area contributed by atoms with Crippen LogP contribution >= 0.6 is 24.0 Å². The van der Waals surface area contributed by atoms with Crippen LogP contribution in [0.25, 0.3) is 0 Å². The summed E-state index contributed by atoms with van der Waals surface area (Å²) in [6.07, 6.45) is 1.00. The fraction of sp³-hybridized carbons (Fsp3) is 0.294. The molecule has 24 heavy (non-hydrogen) atoms. The maximum atomic E-state index is 11.0. The van der Waals surface area contributed by atoms with Gasteiger partial charge in [0.05, 0.1) is 6.54 Å². The lowest BCUT2D eigenvalue weighted by molar-refractivity contribution is 0.0972. The molecule has 0 unspecified atom stereocenters. The van der Waals surface area contributed by atoms with Crippen molar-refractivity contribution >= 4 is 35.8 Å². The minimum Gasteiger partial charge on any atom is -0.454 e. The van der Waals surface area contributed by atoms with Crippen LogP contribution in [0.1, 0.15) is 27.4 Å². The van der Waals surface area contributed by atoms with Crippen molar-refractivity contribution < 1.29 is 9.21 Å². The highest BCUT2D eigenvalue weighted by atomic mass is 127. The summed E-state index contributed by atoms with van der Waals surface area (Å²) in [7, 11) is 1.76. The van der Waals surface area contributed by atoms with Crippen molar-refractivity contribution in [2.45, 2.75) is 19.5 Å². The maximum Gasteiger partial charge on any atom is 0.284 e. The highest BCUT2D eigenvalue weighted by molar-refractivity contribution is 14.0. The first-order chi connectivity index (χ1) is 11.2. The lowest BCUT2D eigenvalue weighted by Gasteiger charge is -2.31. The molecular formula is C17H21IN4O2. The van der Waals surface area contributed by atoms with E-state index in [2.05, 4.69) is 39.5 Å². The molecule has 3 N–H and O–H groups in total. The van der Waals surface area contributed by atoms with Gasteiger partial charge in [-0.2, -0.15) is 0 Å². The van der Waals surface area contributed by atoms with E-state index in [1.807, 2.05) is 0 Å². The molecule has 1 aromatic carbocycles. The third-order valence-corrected chi connectivity index (χ3v) is 3.97. The predicted molar refractivity (Wildman–Crippen MR) is 103 cm³/mol. The maximum absolute atomic E-state index is 11.0. The Hall–Kier alpha value is -2.03. The molecule has 2 heterocycles. The summed E-state index contributed by atoms with van der Waals surface area (Å²) in [5, 5.41) is 3.27. The molecule has 0 fully saturated rings. The Morgan fingerprint density at radius 1 is 1.29 bits per heavy atom. The fourth-order valence-electron chi connectivity index (χ4n) is 2.78. The molecule has 0 saturated carbocycles. The van der Waals surface area contributed by atoms with Gasteiger partial charge in [0.2, 0.25) is 0 Å². The second-order valence-corrected chi connectivity index (χ2v) is 5.47. The van der Waals surface area contributed by atoms with Crippen LogP contribution in [0.5, 0.6) is 0 Å². The summed E-state index contributed by atoms with van der Waals surface area (Å²) in [4.78, 5) is 17.6. The van der Waals surface area contributed by atoms with E-state index in [-0.39, 0.29) is 29.7 Å². The molecule has 128 valence electrons. The number of nitrogens with two attached hydrogens (primary N) is 1. The Bertz CT molecular complexity index is 742. The van der Waals surface area contributed by atoms with Crippen molar-refractivity contribution in [2.75, 3.05) is 13.6 Å². The van der Waals surface area contributed by atoms with Gasteiger partial charge in [0.15, 0.2) is 11.7 Å². The third kappa shape index (κ3) is 4.08. The Labute approximate surface area is 158 Å². The van der Waals surface area contributed by atoms with Crippen molar-refractivity contribution in [1.29, 1.82) is 0 Å². The number of furan rings is 1. The number of nitrogens with one attached hydrogen (secondary N) is 1. The van der Waals surface area contributed by atoms with Gasteiger partial charge >= 0.3 is 0 Å². The quantitative estimate of drug-likeness (QED) is 0.435. The van der Waals surface area contributed by atoms with Crippen molar-refractivity contribution in [3.8, 4) is 0 Å². The molecule has 0 spiro atoms. The number of primary amides is 1. The van der Waals surface area contributed by atoms with E-state index in [0.717, 1.165) is 25.5 Å². The van der Waals surface area contributed by atoms with E-state index in [0.29, 0.717) is 12.3 Å². The number of amides is 1. The molecule has 7 heteroatoms. The van der Waals surface area contributed by atoms with Crippen LogP contribution in [0.2, 0.25) is 0 Å². The van der Waals surface area contributed by atoms with E-state index < -0.39 is 5.91 Å². The molecule has 3 rings (SSSR count). The van der Waals surface area contributed by atoms with Crippen molar-refractivity contribution in [3.63, 3.8) is 0 Å². The van der Waals surface area contributed by atoms with Gasteiger partial charge in [-0.15, -0.1) is 24.0 Å². The van der Waals surface area contributed by atoms with Gasteiger partial charge in [-0.25, -0.2) is 0 Å². The van der Waals surface area contributed by atoms with Crippen LogP contribution in [0.3, 0.4) is 0 Å². The number of halogens is 1.